The Hall–Kier alpha value is -2.04. The Kier molecular flexibility index (Phi) is 6.63. The van der Waals surface area contributed by atoms with Gasteiger partial charge in [-0.05, 0) is 17.7 Å². The van der Waals surface area contributed by atoms with Gasteiger partial charge in [-0.3, -0.25) is 15.0 Å². The van der Waals surface area contributed by atoms with Gasteiger partial charge < -0.3 is 4.74 Å². The Morgan fingerprint density at radius 1 is 1.18 bits per heavy atom. The van der Waals surface area contributed by atoms with E-state index in [1.54, 1.807) is 0 Å². The minimum atomic E-state index is -4.10. The number of benzene rings is 2. The highest BCUT2D eigenvalue weighted by molar-refractivity contribution is 7.89. The van der Waals surface area contributed by atoms with Crippen molar-refractivity contribution in [3.63, 3.8) is 0 Å². The third kappa shape index (κ3) is 4.86. The van der Waals surface area contributed by atoms with E-state index < -0.39 is 25.5 Å². The number of nitro benzene ring substituents is 1. The quantitative estimate of drug-likeness (QED) is 0.540. The van der Waals surface area contributed by atoms with Gasteiger partial charge >= 0.3 is 0 Å². The number of hydrogen-bond acceptors (Lipinski definition) is 6. The number of nitrogens with zero attached hydrogens (tertiary/aromatic N) is 2. The first kappa shape index (κ1) is 20.7. The zero-order valence-corrected chi connectivity index (χ0v) is 16.5. The zero-order valence-electron chi connectivity index (χ0n) is 15.0. The first-order valence-electron chi connectivity index (χ1n) is 8.69. The Labute approximate surface area is 168 Å². The molecule has 0 spiro atoms. The van der Waals surface area contributed by atoms with Crippen molar-refractivity contribution in [3.05, 3.63) is 69.2 Å². The van der Waals surface area contributed by atoms with Gasteiger partial charge in [0, 0.05) is 36.8 Å². The van der Waals surface area contributed by atoms with Crippen molar-refractivity contribution in [1.29, 1.82) is 0 Å². The summed E-state index contributed by atoms with van der Waals surface area (Å²) in [4.78, 5) is 12.2. The average molecular weight is 426 g/mol. The second kappa shape index (κ2) is 8.97. The van der Waals surface area contributed by atoms with Gasteiger partial charge in [-0.25, -0.2) is 13.1 Å². The summed E-state index contributed by atoms with van der Waals surface area (Å²) in [6.07, 6.45) is 0. The second-order valence-electron chi connectivity index (χ2n) is 6.30. The van der Waals surface area contributed by atoms with E-state index in [0.717, 1.165) is 17.7 Å². The smallest absolute Gasteiger partial charge is 0.290 e. The van der Waals surface area contributed by atoms with Crippen molar-refractivity contribution in [1.82, 2.24) is 9.62 Å². The highest BCUT2D eigenvalue weighted by Crippen LogP contribution is 2.28. The maximum Gasteiger partial charge on any atom is 0.290 e. The van der Waals surface area contributed by atoms with Gasteiger partial charge in [-0.15, -0.1) is 0 Å². The lowest BCUT2D eigenvalue weighted by Gasteiger charge is -2.34. The van der Waals surface area contributed by atoms with Crippen LogP contribution in [0.5, 0.6) is 0 Å². The molecule has 1 N–H and O–H groups in total. The molecule has 1 fully saturated rings. The fourth-order valence-electron chi connectivity index (χ4n) is 3.15. The maximum atomic E-state index is 12.8. The minimum absolute atomic E-state index is 0.0755. The van der Waals surface area contributed by atoms with Gasteiger partial charge in [0.25, 0.3) is 5.69 Å². The molecule has 8 nitrogen and oxygen atoms in total. The van der Waals surface area contributed by atoms with E-state index in [1.165, 1.54) is 6.07 Å². The molecular weight excluding hydrogens is 406 g/mol. The number of ether oxygens (including phenoxy) is 1. The van der Waals surface area contributed by atoms with Gasteiger partial charge in [-0.1, -0.05) is 41.9 Å². The van der Waals surface area contributed by atoms with E-state index in [2.05, 4.69) is 9.62 Å². The summed E-state index contributed by atoms with van der Waals surface area (Å²) in [6, 6.07) is 12.8. The lowest BCUT2D eigenvalue weighted by Crippen LogP contribution is -2.43. The SMILES string of the molecule is O=[N+]([O-])c1cc(Cl)ccc1S(=O)(=O)NCC(c1ccccc1)N1CCOCC1. The lowest BCUT2D eigenvalue weighted by atomic mass is 10.1. The van der Waals surface area contributed by atoms with Crippen LogP contribution in [0.1, 0.15) is 11.6 Å². The molecule has 2 aromatic rings. The molecule has 0 bridgehead atoms. The van der Waals surface area contributed by atoms with Crippen LogP contribution in [0.2, 0.25) is 5.02 Å². The first-order chi connectivity index (χ1) is 13.4. The topological polar surface area (TPSA) is 102 Å². The molecule has 1 atom stereocenters. The number of halogens is 1. The van der Waals surface area contributed by atoms with E-state index in [4.69, 9.17) is 16.3 Å². The third-order valence-corrected chi connectivity index (χ3v) is 6.25. The maximum absolute atomic E-state index is 12.8. The summed E-state index contributed by atoms with van der Waals surface area (Å²) >= 11 is 5.78. The van der Waals surface area contributed by atoms with Crippen LogP contribution in [-0.4, -0.2) is 51.1 Å². The highest BCUT2D eigenvalue weighted by Gasteiger charge is 2.29. The lowest BCUT2D eigenvalue weighted by molar-refractivity contribution is -0.387. The van der Waals surface area contributed by atoms with Gasteiger partial charge in [-0.2, -0.15) is 0 Å². The van der Waals surface area contributed by atoms with E-state index in [9.17, 15) is 18.5 Å². The molecule has 1 heterocycles. The summed E-state index contributed by atoms with van der Waals surface area (Å²) in [5.41, 5.74) is 0.403. The van der Waals surface area contributed by atoms with Crippen LogP contribution < -0.4 is 4.72 Å². The Morgan fingerprint density at radius 3 is 2.50 bits per heavy atom. The summed E-state index contributed by atoms with van der Waals surface area (Å²) in [5.74, 6) is 0. The summed E-state index contributed by atoms with van der Waals surface area (Å²) in [6.45, 7) is 2.55. The summed E-state index contributed by atoms with van der Waals surface area (Å²) in [5, 5.41) is 11.4. The molecule has 150 valence electrons. The standard InChI is InChI=1S/C18H20ClN3O5S/c19-15-6-7-18(16(12-15)22(23)24)28(25,26)20-13-17(14-4-2-1-3-5-14)21-8-10-27-11-9-21/h1-7,12,17,20H,8-11,13H2. The number of morpholine rings is 1. The van der Waals surface area contributed by atoms with Crippen LogP contribution in [0, 0.1) is 10.1 Å². The van der Waals surface area contributed by atoms with E-state index in [-0.39, 0.29) is 17.6 Å². The number of rotatable bonds is 7. The number of hydrogen-bond donors (Lipinski definition) is 1. The van der Waals surface area contributed by atoms with Gasteiger partial charge in [0.15, 0.2) is 4.90 Å². The number of nitro groups is 1. The van der Waals surface area contributed by atoms with E-state index >= 15 is 0 Å². The minimum Gasteiger partial charge on any atom is -0.379 e. The van der Waals surface area contributed by atoms with E-state index in [0.29, 0.717) is 26.3 Å². The number of nitrogens with one attached hydrogen (secondary N) is 1. The predicted molar refractivity (Wildman–Crippen MR) is 105 cm³/mol. The van der Waals surface area contributed by atoms with Crippen molar-refractivity contribution < 1.29 is 18.1 Å². The molecule has 1 aliphatic rings. The first-order valence-corrected chi connectivity index (χ1v) is 10.5. The molecule has 28 heavy (non-hydrogen) atoms. The molecular formula is C18H20ClN3O5S. The molecule has 1 unspecified atom stereocenters. The molecule has 1 saturated heterocycles. The Bertz CT molecular complexity index is 933. The van der Waals surface area contributed by atoms with Gasteiger partial charge in [0.2, 0.25) is 10.0 Å². The molecule has 0 amide bonds. The second-order valence-corrected chi connectivity index (χ2v) is 8.47. The molecule has 0 saturated carbocycles. The third-order valence-electron chi connectivity index (χ3n) is 4.54. The normalized spacial score (nSPS) is 16.6. The monoisotopic (exact) mass is 425 g/mol. The van der Waals surface area contributed by atoms with Crippen LogP contribution in [0.4, 0.5) is 5.69 Å². The van der Waals surface area contributed by atoms with Crippen molar-refractivity contribution in [3.8, 4) is 0 Å². The molecule has 2 aromatic carbocycles. The predicted octanol–water partition coefficient (Wildman–Crippen LogP) is 2.60. The summed E-state index contributed by atoms with van der Waals surface area (Å²) in [7, 11) is -4.10. The molecule has 0 radical (unpaired) electrons. The van der Waals surface area contributed by atoms with E-state index in [1.807, 2.05) is 30.3 Å². The van der Waals surface area contributed by atoms with Crippen molar-refractivity contribution in [2.75, 3.05) is 32.8 Å². The van der Waals surface area contributed by atoms with Gasteiger partial charge in [0.05, 0.1) is 18.1 Å². The number of sulfonamides is 1. The van der Waals surface area contributed by atoms with Crippen LogP contribution in [0.25, 0.3) is 0 Å². The molecule has 3 rings (SSSR count). The Balaban J connectivity index is 1.85. The van der Waals surface area contributed by atoms with Crippen molar-refractivity contribution in [2.24, 2.45) is 0 Å². The molecule has 10 heteroatoms. The highest BCUT2D eigenvalue weighted by atomic mass is 35.5. The van der Waals surface area contributed by atoms with Crippen molar-refractivity contribution in [2.45, 2.75) is 10.9 Å². The fourth-order valence-corrected chi connectivity index (χ4v) is 4.50. The van der Waals surface area contributed by atoms with Crippen LogP contribution in [0.3, 0.4) is 0 Å². The van der Waals surface area contributed by atoms with Crippen LogP contribution in [-0.2, 0) is 14.8 Å². The zero-order chi connectivity index (χ0) is 20.1. The summed E-state index contributed by atoms with van der Waals surface area (Å²) < 4.78 is 33.5. The van der Waals surface area contributed by atoms with Crippen LogP contribution >= 0.6 is 11.6 Å². The fraction of sp³-hybridized carbons (Fsp3) is 0.333. The van der Waals surface area contributed by atoms with Gasteiger partial charge in [0.1, 0.15) is 0 Å². The largest absolute Gasteiger partial charge is 0.379 e. The average Bonchev–Trinajstić information content (AvgIpc) is 2.69. The van der Waals surface area contributed by atoms with Crippen LogP contribution in [0.15, 0.2) is 53.4 Å². The Morgan fingerprint density at radius 2 is 1.86 bits per heavy atom. The van der Waals surface area contributed by atoms with Crippen molar-refractivity contribution >= 4 is 27.3 Å². The molecule has 1 aliphatic heterocycles. The molecule has 0 aliphatic carbocycles. The molecule has 0 aromatic heterocycles.